The summed E-state index contributed by atoms with van der Waals surface area (Å²) in [6, 6.07) is 4.89. The zero-order valence-corrected chi connectivity index (χ0v) is 15.3. The number of alkyl halides is 3. The topological polar surface area (TPSA) is 49.6 Å². The van der Waals surface area contributed by atoms with Crippen LogP contribution in [0.4, 0.5) is 13.2 Å². The summed E-state index contributed by atoms with van der Waals surface area (Å²) < 4.78 is 45.2. The highest BCUT2D eigenvalue weighted by Gasteiger charge is 2.36. The Morgan fingerprint density at radius 1 is 1.19 bits per heavy atom. The van der Waals surface area contributed by atoms with Gasteiger partial charge in [-0.2, -0.15) is 13.2 Å². The van der Waals surface area contributed by atoms with Crippen molar-refractivity contribution >= 4 is 5.91 Å². The molecule has 0 spiro atoms. The van der Waals surface area contributed by atoms with Gasteiger partial charge in [-0.1, -0.05) is 12.1 Å². The van der Waals surface area contributed by atoms with E-state index in [0.29, 0.717) is 38.5 Å². The number of hydrogen-bond donors (Lipinski definition) is 0. The lowest BCUT2D eigenvalue weighted by Crippen LogP contribution is -2.36. The van der Waals surface area contributed by atoms with Crippen molar-refractivity contribution in [1.82, 2.24) is 14.8 Å². The molecule has 0 unspecified atom stereocenters. The van der Waals surface area contributed by atoms with Crippen molar-refractivity contribution in [2.24, 2.45) is 0 Å². The van der Waals surface area contributed by atoms with E-state index in [1.165, 1.54) is 23.1 Å². The number of oxazole rings is 1. The van der Waals surface area contributed by atoms with Crippen LogP contribution in [0.15, 0.2) is 34.9 Å². The molecule has 0 N–H and O–H groups in total. The summed E-state index contributed by atoms with van der Waals surface area (Å²) in [6.45, 7) is 5.83. The quantitative estimate of drug-likeness (QED) is 0.809. The molecule has 8 heteroatoms. The Labute approximate surface area is 155 Å². The first-order valence-electron chi connectivity index (χ1n) is 8.89. The van der Waals surface area contributed by atoms with Gasteiger partial charge < -0.3 is 9.32 Å². The number of aromatic nitrogens is 1. The molecule has 1 saturated heterocycles. The van der Waals surface area contributed by atoms with Gasteiger partial charge in [-0.05, 0) is 32.4 Å². The molecule has 1 fully saturated rings. The van der Waals surface area contributed by atoms with Gasteiger partial charge in [-0.15, -0.1) is 0 Å². The van der Waals surface area contributed by atoms with Gasteiger partial charge in [0, 0.05) is 26.2 Å². The van der Waals surface area contributed by atoms with Crippen LogP contribution in [0, 0.1) is 6.92 Å². The monoisotopic (exact) mass is 381 g/mol. The highest BCUT2D eigenvalue weighted by atomic mass is 19.4. The maximum absolute atomic E-state index is 13.2. The van der Waals surface area contributed by atoms with Gasteiger partial charge in [0.05, 0.1) is 23.4 Å². The summed E-state index contributed by atoms with van der Waals surface area (Å²) in [4.78, 5) is 20.6. The highest BCUT2D eigenvalue weighted by molar-refractivity contribution is 5.96. The van der Waals surface area contributed by atoms with Crippen molar-refractivity contribution in [3.8, 4) is 0 Å². The van der Waals surface area contributed by atoms with Crippen molar-refractivity contribution in [1.29, 1.82) is 0 Å². The van der Waals surface area contributed by atoms with Crippen LogP contribution in [0.2, 0.25) is 0 Å². The maximum Gasteiger partial charge on any atom is 0.417 e. The Bertz CT molecular complexity index is 803. The van der Waals surface area contributed by atoms with E-state index in [1.54, 1.807) is 6.20 Å². The van der Waals surface area contributed by atoms with Crippen LogP contribution < -0.4 is 0 Å². The predicted molar refractivity (Wildman–Crippen MR) is 93.2 cm³/mol. The van der Waals surface area contributed by atoms with E-state index in [0.717, 1.165) is 11.8 Å². The Morgan fingerprint density at radius 3 is 2.59 bits per heavy atom. The summed E-state index contributed by atoms with van der Waals surface area (Å²) >= 11 is 0. The minimum absolute atomic E-state index is 0.0591. The van der Waals surface area contributed by atoms with Crippen LogP contribution in [0.5, 0.6) is 0 Å². The zero-order valence-electron chi connectivity index (χ0n) is 15.3. The van der Waals surface area contributed by atoms with Crippen LogP contribution in [0.25, 0.3) is 0 Å². The largest absolute Gasteiger partial charge is 0.444 e. The van der Waals surface area contributed by atoms with Gasteiger partial charge in [0.2, 0.25) is 5.89 Å². The standard InChI is InChI=1S/C19H22F3N3O2/c1-13-12-23-17(27-13)14(2)24-8-5-9-25(11-10-24)18(26)15-6-3-4-7-16(15)19(20,21)22/h3-4,6-7,12,14H,5,8-11H2,1-2H3/t14-/m0/s1. The van der Waals surface area contributed by atoms with Crippen molar-refractivity contribution in [3.05, 3.63) is 53.2 Å². The van der Waals surface area contributed by atoms with Crippen LogP contribution >= 0.6 is 0 Å². The van der Waals surface area contributed by atoms with Crippen LogP contribution in [-0.2, 0) is 6.18 Å². The Kier molecular flexibility index (Phi) is 5.55. The number of aryl methyl sites for hydroxylation is 1. The van der Waals surface area contributed by atoms with E-state index in [4.69, 9.17) is 4.42 Å². The zero-order chi connectivity index (χ0) is 19.6. The Balaban J connectivity index is 1.72. The first kappa shape index (κ1) is 19.4. The smallest absolute Gasteiger partial charge is 0.417 e. The molecule has 1 aromatic carbocycles. The van der Waals surface area contributed by atoms with Gasteiger partial charge in [0.25, 0.3) is 5.91 Å². The molecule has 1 aliphatic heterocycles. The third-order valence-electron chi connectivity index (χ3n) is 4.82. The molecule has 3 rings (SSSR count). The second-order valence-corrected chi connectivity index (χ2v) is 6.71. The van der Waals surface area contributed by atoms with Crippen molar-refractivity contribution < 1.29 is 22.4 Å². The molecule has 1 aliphatic rings. The van der Waals surface area contributed by atoms with Gasteiger partial charge in [0.1, 0.15) is 5.76 Å². The fraction of sp³-hybridized carbons (Fsp3) is 0.474. The molecule has 0 radical (unpaired) electrons. The molecule has 5 nitrogen and oxygen atoms in total. The number of nitrogens with zero attached hydrogens (tertiary/aromatic N) is 3. The summed E-state index contributed by atoms with van der Waals surface area (Å²) in [6.07, 6.45) is -2.22. The third-order valence-corrected chi connectivity index (χ3v) is 4.82. The molecule has 1 aromatic heterocycles. The van der Waals surface area contributed by atoms with E-state index in [9.17, 15) is 18.0 Å². The summed E-state index contributed by atoms with van der Waals surface area (Å²) in [5, 5.41) is 0. The fourth-order valence-corrected chi connectivity index (χ4v) is 3.34. The Hall–Kier alpha value is -2.35. The number of benzene rings is 1. The van der Waals surface area contributed by atoms with E-state index < -0.39 is 17.6 Å². The second-order valence-electron chi connectivity index (χ2n) is 6.71. The van der Waals surface area contributed by atoms with Crippen molar-refractivity contribution in [3.63, 3.8) is 0 Å². The summed E-state index contributed by atoms with van der Waals surface area (Å²) in [5.41, 5.74) is -1.19. The van der Waals surface area contributed by atoms with Crippen LogP contribution in [-0.4, -0.2) is 46.9 Å². The first-order chi connectivity index (χ1) is 12.8. The fourth-order valence-electron chi connectivity index (χ4n) is 3.34. The third kappa shape index (κ3) is 4.32. The molecule has 146 valence electrons. The first-order valence-corrected chi connectivity index (χ1v) is 8.89. The SMILES string of the molecule is Cc1cnc([C@H](C)N2CCCN(C(=O)c3ccccc3C(F)(F)F)CC2)o1. The lowest BCUT2D eigenvalue weighted by molar-refractivity contribution is -0.138. The lowest BCUT2D eigenvalue weighted by Gasteiger charge is -2.26. The highest BCUT2D eigenvalue weighted by Crippen LogP contribution is 2.32. The summed E-state index contributed by atoms with van der Waals surface area (Å²) in [5.74, 6) is 0.756. The van der Waals surface area contributed by atoms with Gasteiger partial charge in [-0.3, -0.25) is 9.69 Å². The molecule has 1 amide bonds. The molecule has 0 aliphatic carbocycles. The molecule has 1 atom stereocenters. The number of hydrogen-bond acceptors (Lipinski definition) is 4. The molecule has 0 saturated carbocycles. The molecular weight excluding hydrogens is 359 g/mol. The maximum atomic E-state index is 13.2. The van der Waals surface area contributed by atoms with Crippen molar-refractivity contribution in [2.45, 2.75) is 32.5 Å². The minimum atomic E-state index is -4.55. The molecule has 2 aromatic rings. The van der Waals surface area contributed by atoms with Gasteiger partial charge >= 0.3 is 6.18 Å². The predicted octanol–water partition coefficient (Wildman–Crippen LogP) is 3.91. The minimum Gasteiger partial charge on any atom is -0.444 e. The van der Waals surface area contributed by atoms with E-state index in [-0.39, 0.29) is 11.6 Å². The molecular formula is C19H22F3N3O2. The average molecular weight is 381 g/mol. The van der Waals surface area contributed by atoms with Crippen molar-refractivity contribution in [2.75, 3.05) is 26.2 Å². The number of amides is 1. The van der Waals surface area contributed by atoms with Crippen LogP contribution in [0.3, 0.4) is 0 Å². The van der Waals surface area contributed by atoms with Crippen LogP contribution in [0.1, 0.15) is 47.0 Å². The molecule has 2 heterocycles. The summed E-state index contributed by atoms with van der Waals surface area (Å²) in [7, 11) is 0. The molecule has 0 bridgehead atoms. The number of carbonyl (C=O) groups excluding carboxylic acids is 1. The van der Waals surface area contributed by atoms with Gasteiger partial charge in [0.15, 0.2) is 0 Å². The average Bonchev–Trinajstić information content (AvgIpc) is 2.92. The second kappa shape index (κ2) is 7.72. The number of halogens is 3. The van der Waals surface area contributed by atoms with E-state index >= 15 is 0 Å². The van der Waals surface area contributed by atoms with Gasteiger partial charge in [-0.25, -0.2) is 4.98 Å². The van der Waals surface area contributed by atoms with E-state index in [2.05, 4.69) is 9.88 Å². The Morgan fingerprint density at radius 2 is 1.93 bits per heavy atom. The number of carbonyl (C=O) groups is 1. The number of rotatable bonds is 3. The lowest BCUT2D eigenvalue weighted by atomic mass is 10.1. The normalized spacial score (nSPS) is 17.6. The van der Waals surface area contributed by atoms with E-state index in [1.807, 2.05) is 13.8 Å². The molecule has 27 heavy (non-hydrogen) atoms.